The second-order valence-electron chi connectivity index (χ2n) is 3.65. The second-order valence-corrected chi connectivity index (χ2v) is 3.65. The molecule has 2 aromatic rings. The highest BCUT2D eigenvalue weighted by Gasteiger charge is 2.12. The summed E-state index contributed by atoms with van der Waals surface area (Å²) in [5, 5.41) is 4.05. The molecule has 0 saturated heterocycles. The van der Waals surface area contributed by atoms with Crippen molar-refractivity contribution >= 4 is 5.97 Å². The molecule has 0 aliphatic heterocycles. The van der Waals surface area contributed by atoms with Crippen LogP contribution in [0.15, 0.2) is 24.4 Å². The smallest absolute Gasteiger partial charge is 0.344 e. The Labute approximate surface area is 110 Å². The number of pyridine rings is 1. The maximum atomic E-state index is 11.2. The number of nitrogens with zero attached hydrogens (tertiary/aromatic N) is 4. The predicted octanol–water partition coefficient (Wildman–Crippen LogP) is 0.819. The molecule has 2 aromatic heterocycles. The number of hydrogen-bond donors (Lipinski definition) is 0. The van der Waals surface area contributed by atoms with Gasteiger partial charge in [-0.05, 0) is 19.1 Å². The second kappa shape index (κ2) is 5.94. The van der Waals surface area contributed by atoms with Gasteiger partial charge in [-0.1, -0.05) is 6.07 Å². The lowest BCUT2D eigenvalue weighted by molar-refractivity contribution is -0.145. The third kappa shape index (κ3) is 3.27. The molecule has 0 atom stereocenters. The summed E-state index contributed by atoms with van der Waals surface area (Å²) in [5.74, 6) is 0.119. The van der Waals surface area contributed by atoms with Gasteiger partial charge in [-0.25, -0.2) is 9.48 Å². The van der Waals surface area contributed by atoms with Crippen molar-refractivity contribution in [2.75, 3.05) is 13.2 Å². The van der Waals surface area contributed by atoms with E-state index in [1.165, 1.54) is 0 Å². The molecule has 0 aliphatic carbocycles. The van der Waals surface area contributed by atoms with Gasteiger partial charge in [0.1, 0.15) is 5.69 Å². The molecule has 7 nitrogen and oxygen atoms in total. The fourth-order valence-electron chi connectivity index (χ4n) is 1.47. The molecular weight excluding hydrogens is 248 g/mol. The average Bonchev–Trinajstić information content (AvgIpc) is 2.79. The summed E-state index contributed by atoms with van der Waals surface area (Å²) < 4.78 is 11.4. The molecule has 19 heavy (non-hydrogen) atoms. The normalized spacial score (nSPS) is 10.2. The first-order valence-electron chi connectivity index (χ1n) is 5.81. The van der Waals surface area contributed by atoms with E-state index >= 15 is 0 Å². The molecule has 0 radical (unpaired) electrons. The van der Waals surface area contributed by atoms with Gasteiger partial charge < -0.3 is 9.47 Å². The number of aromatic nitrogens is 4. The summed E-state index contributed by atoms with van der Waals surface area (Å²) in [5.41, 5.74) is 0.684. The maximum Gasteiger partial charge on any atom is 0.344 e. The summed E-state index contributed by atoms with van der Waals surface area (Å²) in [6, 6.07) is 5.61. The van der Waals surface area contributed by atoms with E-state index in [2.05, 4.69) is 15.1 Å². The number of ether oxygens (including phenoxy) is 2. The SMILES string of the molecule is CCOC(=O)COc1nc(-c2ccccn2)n(C)n1. The van der Waals surface area contributed by atoms with Crippen LogP contribution in [0.3, 0.4) is 0 Å². The maximum absolute atomic E-state index is 11.2. The minimum absolute atomic E-state index is 0.121. The van der Waals surface area contributed by atoms with E-state index in [1.54, 1.807) is 24.9 Å². The highest BCUT2D eigenvalue weighted by atomic mass is 16.6. The van der Waals surface area contributed by atoms with Crippen molar-refractivity contribution in [1.29, 1.82) is 0 Å². The van der Waals surface area contributed by atoms with Crippen molar-refractivity contribution in [2.45, 2.75) is 6.92 Å². The standard InChI is InChI=1S/C12H14N4O3/c1-3-18-10(17)8-19-12-14-11(16(2)15-12)9-6-4-5-7-13-9/h4-7H,3,8H2,1-2H3. The molecule has 2 rings (SSSR count). The lowest BCUT2D eigenvalue weighted by Crippen LogP contribution is -2.15. The van der Waals surface area contributed by atoms with Crippen LogP contribution in [0.5, 0.6) is 6.01 Å². The molecule has 0 aliphatic rings. The van der Waals surface area contributed by atoms with Crippen LogP contribution in [0.2, 0.25) is 0 Å². The van der Waals surface area contributed by atoms with Gasteiger partial charge in [0.2, 0.25) is 0 Å². The van der Waals surface area contributed by atoms with E-state index in [0.29, 0.717) is 18.1 Å². The third-order valence-corrected chi connectivity index (χ3v) is 2.26. The molecular formula is C12H14N4O3. The lowest BCUT2D eigenvalue weighted by atomic mass is 10.3. The molecule has 100 valence electrons. The first-order valence-corrected chi connectivity index (χ1v) is 5.81. The molecule has 0 saturated carbocycles. The van der Waals surface area contributed by atoms with Crippen LogP contribution in [0.1, 0.15) is 6.92 Å². The van der Waals surface area contributed by atoms with Crippen LogP contribution in [0.25, 0.3) is 11.5 Å². The van der Waals surface area contributed by atoms with Crippen molar-refractivity contribution in [1.82, 2.24) is 19.7 Å². The van der Waals surface area contributed by atoms with Crippen LogP contribution in [-0.4, -0.2) is 38.9 Å². The first kappa shape index (κ1) is 13.0. The van der Waals surface area contributed by atoms with E-state index < -0.39 is 5.97 Å². The van der Waals surface area contributed by atoms with Crippen molar-refractivity contribution in [2.24, 2.45) is 7.05 Å². The molecule has 0 fully saturated rings. The molecule has 0 aromatic carbocycles. The van der Waals surface area contributed by atoms with Gasteiger partial charge in [0.25, 0.3) is 0 Å². The van der Waals surface area contributed by atoms with Crippen molar-refractivity contribution in [3.63, 3.8) is 0 Å². The summed E-state index contributed by atoms with van der Waals surface area (Å²) in [4.78, 5) is 19.5. The van der Waals surface area contributed by atoms with Crippen LogP contribution >= 0.6 is 0 Å². The Morgan fingerprint density at radius 3 is 2.95 bits per heavy atom. The Balaban J connectivity index is 2.07. The molecule has 7 heteroatoms. The Kier molecular flexibility index (Phi) is 4.07. The fraction of sp³-hybridized carbons (Fsp3) is 0.333. The number of aryl methyl sites for hydroxylation is 1. The molecule has 0 unspecified atom stereocenters. The minimum atomic E-state index is -0.450. The van der Waals surface area contributed by atoms with Gasteiger partial charge in [0.15, 0.2) is 12.4 Å². The van der Waals surface area contributed by atoms with Gasteiger partial charge in [-0.15, -0.1) is 5.10 Å². The molecule has 0 spiro atoms. The van der Waals surface area contributed by atoms with Crippen molar-refractivity contribution in [3.8, 4) is 17.5 Å². The summed E-state index contributed by atoms with van der Waals surface area (Å²) >= 11 is 0. The van der Waals surface area contributed by atoms with Gasteiger partial charge >= 0.3 is 12.0 Å². The Morgan fingerprint density at radius 2 is 2.26 bits per heavy atom. The fourth-order valence-corrected chi connectivity index (χ4v) is 1.47. The quantitative estimate of drug-likeness (QED) is 0.742. The lowest BCUT2D eigenvalue weighted by Gasteiger charge is -2.00. The van der Waals surface area contributed by atoms with Crippen LogP contribution in [0, 0.1) is 0 Å². The third-order valence-electron chi connectivity index (χ3n) is 2.26. The van der Waals surface area contributed by atoms with Crippen molar-refractivity contribution in [3.05, 3.63) is 24.4 Å². The minimum Gasteiger partial charge on any atom is -0.463 e. The Hall–Kier alpha value is -2.44. The topological polar surface area (TPSA) is 79.1 Å². The molecule has 0 N–H and O–H groups in total. The number of hydrogen-bond acceptors (Lipinski definition) is 6. The van der Waals surface area contributed by atoms with Gasteiger partial charge in [-0.3, -0.25) is 4.98 Å². The zero-order valence-electron chi connectivity index (χ0n) is 10.7. The van der Waals surface area contributed by atoms with Crippen molar-refractivity contribution < 1.29 is 14.3 Å². The van der Waals surface area contributed by atoms with E-state index in [9.17, 15) is 4.79 Å². The predicted molar refractivity (Wildman–Crippen MR) is 66.4 cm³/mol. The number of esters is 1. The summed E-state index contributed by atoms with van der Waals surface area (Å²) in [7, 11) is 1.73. The largest absolute Gasteiger partial charge is 0.463 e. The summed E-state index contributed by atoms with van der Waals surface area (Å²) in [6.07, 6.45) is 1.67. The Morgan fingerprint density at radius 1 is 1.42 bits per heavy atom. The molecule has 0 bridgehead atoms. The monoisotopic (exact) mass is 262 g/mol. The number of carbonyl (C=O) groups excluding carboxylic acids is 1. The molecule has 0 amide bonds. The Bertz CT molecular complexity index is 553. The number of carbonyl (C=O) groups is 1. The van der Waals surface area contributed by atoms with E-state index in [-0.39, 0.29) is 12.6 Å². The zero-order chi connectivity index (χ0) is 13.7. The first-order chi connectivity index (χ1) is 9.20. The number of rotatable bonds is 5. The van der Waals surface area contributed by atoms with Crippen LogP contribution < -0.4 is 4.74 Å². The average molecular weight is 262 g/mol. The highest BCUT2D eigenvalue weighted by molar-refractivity contribution is 5.70. The zero-order valence-corrected chi connectivity index (χ0v) is 10.7. The van der Waals surface area contributed by atoms with Crippen LogP contribution in [-0.2, 0) is 16.6 Å². The van der Waals surface area contributed by atoms with Gasteiger partial charge in [0.05, 0.1) is 6.61 Å². The van der Waals surface area contributed by atoms with E-state index in [4.69, 9.17) is 9.47 Å². The van der Waals surface area contributed by atoms with Gasteiger partial charge in [-0.2, -0.15) is 4.98 Å². The molecule has 2 heterocycles. The highest BCUT2D eigenvalue weighted by Crippen LogP contribution is 2.15. The van der Waals surface area contributed by atoms with E-state index in [0.717, 1.165) is 0 Å². The van der Waals surface area contributed by atoms with Crippen LogP contribution in [0.4, 0.5) is 0 Å². The van der Waals surface area contributed by atoms with E-state index in [1.807, 2.05) is 18.2 Å². The van der Waals surface area contributed by atoms with Gasteiger partial charge in [0, 0.05) is 13.2 Å². The summed E-state index contributed by atoms with van der Waals surface area (Å²) in [6.45, 7) is 1.84.